The molecule has 1 aliphatic carbocycles. The number of amides is 1. The van der Waals surface area contributed by atoms with E-state index in [1.165, 1.54) is 22.3 Å². The number of esters is 1. The lowest BCUT2D eigenvalue weighted by Gasteiger charge is -2.44. The molecule has 4 aromatic carbocycles. The van der Waals surface area contributed by atoms with Gasteiger partial charge in [0.25, 0.3) is 0 Å². The fraction of sp³-hybridized carbons (Fsp3) is 0.480. The number of hydrogen-bond acceptors (Lipinski definition) is 13. The average Bonchev–Trinajstić information content (AvgIpc) is 3.86. The van der Waals surface area contributed by atoms with E-state index in [1.807, 2.05) is 98.8 Å². The van der Waals surface area contributed by atoms with Crippen LogP contribution in [0.2, 0.25) is 0 Å². The molecule has 0 aromatic heterocycles. The first-order chi connectivity index (χ1) is 31.2. The number of fused-ring (bicyclic) bond motifs is 4. The maximum absolute atomic E-state index is 13.4. The van der Waals surface area contributed by atoms with E-state index < -0.39 is 55.2 Å². The van der Waals surface area contributed by atoms with Gasteiger partial charge < -0.3 is 42.8 Å². The predicted octanol–water partition coefficient (Wildman–Crippen LogP) is 8.61. The minimum absolute atomic E-state index is 0.00214. The highest BCUT2D eigenvalue weighted by atomic mass is 32.2. The largest absolute Gasteiger partial charge is 0.497 e. The zero-order valence-electron chi connectivity index (χ0n) is 37.4. The number of methoxy groups -OCH3 is 2. The molecule has 1 amide bonds. The summed E-state index contributed by atoms with van der Waals surface area (Å²) in [5.74, 6) is 0.315. The average molecular weight is 897 g/mol. The molecule has 342 valence electrons. The van der Waals surface area contributed by atoms with Crippen LogP contribution in [0, 0.1) is 0 Å². The quantitative estimate of drug-likeness (QED) is 0.0743. The highest BCUT2D eigenvalue weighted by Crippen LogP contribution is 2.46. The van der Waals surface area contributed by atoms with Gasteiger partial charge in [-0.05, 0) is 92.0 Å². The molecule has 0 bridgehead atoms. The zero-order chi connectivity index (χ0) is 44.7. The van der Waals surface area contributed by atoms with Crippen LogP contribution in [0.4, 0.5) is 4.79 Å². The Balaban J connectivity index is 0.916. The summed E-state index contributed by atoms with van der Waals surface area (Å²) >= 11 is 1.60. The van der Waals surface area contributed by atoms with Gasteiger partial charge >= 0.3 is 12.1 Å². The van der Waals surface area contributed by atoms with E-state index in [2.05, 4.69) is 24.3 Å². The van der Waals surface area contributed by atoms with Crippen molar-refractivity contribution in [2.24, 2.45) is 0 Å². The van der Waals surface area contributed by atoms with Gasteiger partial charge in [0.1, 0.15) is 30.7 Å². The number of unbranched alkanes of at least 4 members (excludes halogenated alkanes) is 1. The summed E-state index contributed by atoms with van der Waals surface area (Å²) < 4.78 is 50.0. The monoisotopic (exact) mass is 896 g/mol. The molecule has 3 fully saturated rings. The van der Waals surface area contributed by atoms with Crippen molar-refractivity contribution in [3.05, 3.63) is 125 Å². The molecule has 0 radical (unpaired) electrons. The molecule has 0 spiro atoms. The molecule has 4 aromatic rings. The minimum atomic E-state index is -0.764. The Hall–Kier alpha value is -4.51. The van der Waals surface area contributed by atoms with Crippen molar-refractivity contribution in [3.63, 3.8) is 0 Å². The number of thioether (sulfide) groups is 1. The second kappa shape index (κ2) is 21.2. The Labute approximate surface area is 380 Å². The Morgan fingerprint density at radius 3 is 2.17 bits per heavy atom. The molecule has 8 rings (SSSR count). The van der Waals surface area contributed by atoms with E-state index in [1.54, 1.807) is 43.0 Å². The van der Waals surface area contributed by atoms with Crippen molar-refractivity contribution in [1.82, 2.24) is 9.96 Å². The van der Waals surface area contributed by atoms with Crippen LogP contribution in [0.5, 0.6) is 5.75 Å². The third-order valence-electron chi connectivity index (χ3n) is 12.7. The van der Waals surface area contributed by atoms with Crippen molar-refractivity contribution >= 4 is 23.8 Å². The van der Waals surface area contributed by atoms with Crippen LogP contribution in [0.25, 0.3) is 11.1 Å². The van der Waals surface area contributed by atoms with E-state index in [0.29, 0.717) is 50.3 Å². The first kappa shape index (κ1) is 46.0. The van der Waals surface area contributed by atoms with Gasteiger partial charge in [-0.15, -0.1) is 5.06 Å². The second-order valence-corrected chi connectivity index (χ2v) is 17.6. The summed E-state index contributed by atoms with van der Waals surface area (Å²) in [7, 11) is 3.23. The van der Waals surface area contributed by atoms with Gasteiger partial charge in [0.2, 0.25) is 0 Å². The van der Waals surface area contributed by atoms with Crippen LogP contribution in [0.1, 0.15) is 79.2 Å². The number of nitrogens with zero attached hydrogens (tertiary/aromatic N) is 2. The molecule has 3 saturated heterocycles. The predicted molar refractivity (Wildman–Crippen MR) is 242 cm³/mol. The third-order valence-corrected chi connectivity index (χ3v) is 13.9. The van der Waals surface area contributed by atoms with Crippen LogP contribution < -0.4 is 4.74 Å². The summed E-state index contributed by atoms with van der Waals surface area (Å²) in [6.07, 6.45) is -1.12. The highest BCUT2D eigenvalue weighted by molar-refractivity contribution is 7.99. The van der Waals surface area contributed by atoms with Gasteiger partial charge in [0.05, 0.1) is 36.2 Å². The number of benzene rings is 4. The van der Waals surface area contributed by atoms with E-state index in [4.69, 9.17) is 42.7 Å². The van der Waals surface area contributed by atoms with Gasteiger partial charge in [-0.1, -0.05) is 78.9 Å². The standard InChI is InChI=1S/C50H60N2O11S/c1-7-51(50(54)58-30-40-38-21-13-11-19-36(38)37-20-12-14-22-39(37)40)27-15-16-28-57-45-44-43(31(2)60-49(45)56-5)52(47(62-44)33-23-25-35(55-4)26-24-33)63-42-29-41(46(64-6)32(3)59-42)61-48(53)34-17-9-8-10-18-34/h8-14,17-26,31-32,40-47,49H,7,15-16,27-30H2,1-6H3/t31-,32-,41+,42+,43-,44+,45-,46-,47?,49+/m1/s1. The van der Waals surface area contributed by atoms with Crippen molar-refractivity contribution < 1.29 is 52.3 Å². The smallest absolute Gasteiger partial charge is 0.409 e. The first-order valence-corrected chi connectivity index (χ1v) is 23.6. The van der Waals surface area contributed by atoms with Gasteiger partial charge in [-0.25, -0.2) is 9.59 Å². The van der Waals surface area contributed by atoms with Gasteiger partial charge in [-0.2, -0.15) is 11.8 Å². The Morgan fingerprint density at radius 2 is 1.52 bits per heavy atom. The van der Waals surface area contributed by atoms with Crippen LogP contribution in [0.15, 0.2) is 103 Å². The lowest BCUT2D eigenvalue weighted by atomic mass is 9.97. The van der Waals surface area contributed by atoms with Crippen molar-refractivity contribution in [3.8, 4) is 16.9 Å². The second-order valence-electron chi connectivity index (χ2n) is 16.6. The van der Waals surface area contributed by atoms with Crippen molar-refractivity contribution in [2.45, 2.75) is 107 Å². The lowest BCUT2D eigenvalue weighted by molar-refractivity contribution is -0.349. The summed E-state index contributed by atoms with van der Waals surface area (Å²) in [5.41, 5.74) is 6.07. The molecule has 0 N–H and O–H groups in total. The Kier molecular flexibility index (Phi) is 15.2. The number of hydroxylamine groups is 2. The number of carbonyl (C=O) groups excluding carboxylic acids is 2. The maximum atomic E-state index is 13.4. The number of ether oxygens (including phenoxy) is 8. The molecular weight excluding hydrogens is 837 g/mol. The SMILES string of the molecule is CCN(CCCCO[C@H]1[C@@H](OC)O[C@H](C)[C@@H]2[C@@H]1OC(c1ccc(OC)cc1)N2O[C@H]1C[C@H](OC(=O)c2ccccc2)[C@H](SC)[C@@H](C)O1)C(=O)OCC1c2ccccc2-c2ccccc21. The summed E-state index contributed by atoms with van der Waals surface area (Å²) in [5, 5.41) is 1.72. The molecule has 13 nitrogen and oxygen atoms in total. The molecule has 10 atom stereocenters. The fourth-order valence-electron chi connectivity index (χ4n) is 9.47. The summed E-state index contributed by atoms with van der Waals surface area (Å²) in [6.45, 7) is 7.60. The third kappa shape index (κ3) is 9.85. The lowest BCUT2D eigenvalue weighted by Crippen LogP contribution is -2.60. The molecule has 3 heterocycles. The van der Waals surface area contributed by atoms with E-state index >= 15 is 0 Å². The number of hydrogen-bond donors (Lipinski definition) is 0. The normalized spacial score (nSPS) is 27.6. The van der Waals surface area contributed by atoms with Crippen LogP contribution in [-0.2, 0) is 38.0 Å². The highest BCUT2D eigenvalue weighted by Gasteiger charge is 2.57. The van der Waals surface area contributed by atoms with Crippen LogP contribution in [-0.4, -0.2) is 123 Å². The maximum Gasteiger partial charge on any atom is 0.409 e. The zero-order valence-corrected chi connectivity index (χ0v) is 38.2. The molecule has 64 heavy (non-hydrogen) atoms. The molecule has 14 heteroatoms. The topological polar surface area (TPSA) is 124 Å². The van der Waals surface area contributed by atoms with E-state index in [0.717, 1.165) is 5.56 Å². The van der Waals surface area contributed by atoms with Gasteiger partial charge in [0.15, 0.2) is 18.8 Å². The van der Waals surface area contributed by atoms with Crippen LogP contribution >= 0.6 is 11.8 Å². The van der Waals surface area contributed by atoms with Crippen molar-refractivity contribution in [2.75, 3.05) is 46.8 Å². The molecule has 4 aliphatic rings. The Morgan fingerprint density at radius 1 is 0.828 bits per heavy atom. The molecule has 0 saturated carbocycles. The minimum Gasteiger partial charge on any atom is -0.497 e. The summed E-state index contributed by atoms with van der Waals surface area (Å²) in [6, 6.07) is 32.9. The van der Waals surface area contributed by atoms with Gasteiger partial charge in [0, 0.05) is 39.1 Å². The van der Waals surface area contributed by atoms with Gasteiger partial charge in [-0.3, -0.25) is 4.84 Å². The van der Waals surface area contributed by atoms with Crippen LogP contribution in [0.3, 0.4) is 0 Å². The van der Waals surface area contributed by atoms with E-state index in [-0.39, 0.29) is 30.0 Å². The van der Waals surface area contributed by atoms with Crippen molar-refractivity contribution in [1.29, 1.82) is 0 Å². The number of rotatable bonds is 17. The first-order valence-electron chi connectivity index (χ1n) is 22.3. The fourth-order valence-corrected chi connectivity index (χ4v) is 10.4. The molecule has 1 unspecified atom stereocenters. The van der Waals surface area contributed by atoms with E-state index in [9.17, 15) is 9.59 Å². The summed E-state index contributed by atoms with van der Waals surface area (Å²) in [4.78, 5) is 35.2. The Bertz CT molecular complexity index is 2120. The molecule has 3 aliphatic heterocycles. The molecular formula is C50H60N2O11S. The number of carbonyl (C=O) groups is 2.